The molecule has 5 rings (SSSR count). The highest BCUT2D eigenvalue weighted by Gasteiger charge is 2.28. The average Bonchev–Trinajstić information content (AvgIpc) is 3.33. The maximum atomic E-state index is 13.0. The van der Waals surface area contributed by atoms with Gasteiger partial charge in [0.2, 0.25) is 0 Å². The Balaban J connectivity index is 1.30. The Morgan fingerprint density at radius 3 is 2.42 bits per heavy atom. The number of nitrogens with one attached hydrogen (secondary N) is 1. The highest BCUT2D eigenvalue weighted by Crippen LogP contribution is 2.30. The van der Waals surface area contributed by atoms with E-state index >= 15 is 0 Å². The summed E-state index contributed by atoms with van der Waals surface area (Å²) in [5.41, 5.74) is 10.4. The summed E-state index contributed by atoms with van der Waals surface area (Å²) in [4.78, 5) is 35.2. The number of aromatic nitrogens is 2. The zero-order chi connectivity index (χ0) is 32.0. The van der Waals surface area contributed by atoms with Crippen LogP contribution in [0.3, 0.4) is 0 Å². The van der Waals surface area contributed by atoms with Crippen LogP contribution in [0.25, 0.3) is 11.0 Å². The molecule has 3 aromatic rings. The molecule has 0 bridgehead atoms. The van der Waals surface area contributed by atoms with E-state index in [0.717, 1.165) is 61.2 Å². The first-order valence-electron chi connectivity index (χ1n) is 16.6. The summed E-state index contributed by atoms with van der Waals surface area (Å²) in [7, 11) is 0. The molecule has 2 aromatic carbocycles. The molecule has 2 aliphatic rings. The molecule has 0 radical (unpaired) electrons. The molecule has 2 amide bonds. The van der Waals surface area contributed by atoms with Crippen molar-refractivity contribution in [2.45, 2.75) is 84.3 Å². The van der Waals surface area contributed by atoms with Crippen LogP contribution in [-0.2, 0) is 28.9 Å². The molecule has 242 valence electrons. The zero-order valence-corrected chi connectivity index (χ0v) is 27.3. The minimum atomic E-state index is -0.498. The normalized spacial score (nSPS) is 16.6. The summed E-state index contributed by atoms with van der Waals surface area (Å²) in [5.74, 6) is 1.21. The van der Waals surface area contributed by atoms with Crippen molar-refractivity contribution in [3.63, 3.8) is 0 Å². The van der Waals surface area contributed by atoms with E-state index in [1.54, 1.807) is 0 Å². The van der Waals surface area contributed by atoms with Crippen LogP contribution in [0.5, 0.6) is 0 Å². The first-order chi connectivity index (χ1) is 21.6. The summed E-state index contributed by atoms with van der Waals surface area (Å²) in [6, 6.07) is 13.7. The Kier molecular flexibility index (Phi) is 10.5. The number of amides is 2. The number of nitrogens with two attached hydrogens (primary N) is 1. The Bertz CT molecular complexity index is 1480. The molecule has 9 heteroatoms. The molecule has 1 aromatic heterocycles. The third-order valence-electron chi connectivity index (χ3n) is 8.87. The monoisotopic (exact) mass is 614 g/mol. The van der Waals surface area contributed by atoms with Crippen molar-refractivity contribution in [3.8, 4) is 0 Å². The average molecular weight is 615 g/mol. The SMILES string of the molecule is C=C(Cc1ccccc1)C(=O)Nc1cc2nc(CC3CCN(C(=O)OC(C)(C)C)CC3)n(CCCN3CCCCC3)c2cc1N. The first kappa shape index (κ1) is 32.5. The number of anilines is 2. The molecule has 2 aliphatic heterocycles. The van der Waals surface area contributed by atoms with Crippen LogP contribution in [-0.4, -0.2) is 69.7 Å². The Labute approximate surface area is 267 Å². The van der Waals surface area contributed by atoms with Crippen LogP contribution in [0.15, 0.2) is 54.6 Å². The maximum absolute atomic E-state index is 13.0. The lowest BCUT2D eigenvalue weighted by molar-refractivity contribution is -0.112. The van der Waals surface area contributed by atoms with Gasteiger partial charge >= 0.3 is 6.09 Å². The van der Waals surface area contributed by atoms with Gasteiger partial charge in [0.15, 0.2) is 0 Å². The summed E-state index contributed by atoms with van der Waals surface area (Å²) >= 11 is 0. The van der Waals surface area contributed by atoms with Gasteiger partial charge in [-0.25, -0.2) is 9.78 Å². The van der Waals surface area contributed by atoms with Gasteiger partial charge in [-0.3, -0.25) is 4.79 Å². The Hall–Kier alpha value is -3.85. The predicted octanol–water partition coefficient (Wildman–Crippen LogP) is 6.42. The number of likely N-dealkylation sites (tertiary alicyclic amines) is 2. The highest BCUT2D eigenvalue weighted by atomic mass is 16.6. The van der Waals surface area contributed by atoms with Crippen LogP contribution < -0.4 is 11.1 Å². The Morgan fingerprint density at radius 2 is 1.73 bits per heavy atom. The van der Waals surface area contributed by atoms with Crippen LogP contribution in [0, 0.1) is 5.92 Å². The molecule has 0 unspecified atom stereocenters. The lowest BCUT2D eigenvalue weighted by Gasteiger charge is -2.33. The lowest BCUT2D eigenvalue weighted by Crippen LogP contribution is -2.42. The number of nitrogens with zero attached hydrogens (tertiary/aromatic N) is 4. The summed E-state index contributed by atoms with van der Waals surface area (Å²) < 4.78 is 7.93. The van der Waals surface area contributed by atoms with E-state index in [4.69, 9.17) is 15.5 Å². The molecule has 0 saturated carbocycles. The first-order valence-corrected chi connectivity index (χ1v) is 16.6. The van der Waals surface area contributed by atoms with Crippen molar-refractivity contribution in [3.05, 3.63) is 66.0 Å². The maximum Gasteiger partial charge on any atom is 0.410 e. The van der Waals surface area contributed by atoms with Crippen LogP contribution in [0.1, 0.15) is 70.7 Å². The van der Waals surface area contributed by atoms with E-state index in [1.165, 1.54) is 32.4 Å². The summed E-state index contributed by atoms with van der Waals surface area (Å²) in [6.07, 6.45) is 7.81. The standard InChI is InChI=1S/C36H50N6O3/c1-26(22-27-12-7-5-8-13-27)34(43)39-30-25-31-32(24-29(30)37)42(19-11-18-40-16-9-6-10-17-40)33(38-31)23-28-14-20-41(21-15-28)35(44)45-36(2,3)4/h5,7-8,12-13,24-25,28H,1,6,9-11,14-23,37H2,2-4H3,(H,39,43). The third-order valence-corrected chi connectivity index (χ3v) is 8.87. The molecule has 45 heavy (non-hydrogen) atoms. The van der Waals surface area contributed by atoms with Gasteiger partial charge in [0.1, 0.15) is 11.4 Å². The highest BCUT2D eigenvalue weighted by molar-refractivity contribution is 6.06. The number of fused-ring (bicyclic) bond motifs is 1. The van der Waals surface area contributed by atoms with E-state index < -0.39 is 5.60 Å². The summed E-state index contributed by atoms with van der Waals surface area (Å²) in [6.45, 7) is 15.4. The molecular formula is C36H50N6O3. The lowest BCUT2D eigenvalue weighted by atomic mass is 9.93. The van der Waals surface area contributed by atoms with Crippen molar-refractivity contribution in [1.82, 2.24) is 19.4 Å². The van der Waals surface area contributed by atoms with Gasteiger partial charge in [-0.2, -0.15) is 0 Å². The van der Waals surface area contributed by atoms with Gasteiger partial charge in [0.05, 0.1) is 22.4 Å². The number of hydrogen-bond donors (Lipinski definition) is 2. The minimum Gasteiger partial charge on any atom is -0.444 e. The van der Waals surface area contributed by atoms with Gasteiger partial charge in [-0.15, -0.1) is 0 Å². The Morgan fingerprint density at radius 1 is 1.02 bits per heavy atom. The minimum absolute atomic E-state index is 0.234. The molecular weight excluding hydrogens is 564 g/mol. The predicted molar refractivity (Wildman–Crippen MR) is 181 cm³/mol. The van der Waals surface area contributed by atoms with Crippen molar-refractivity contribution in [2.24, 2.45) is 5.92 Å². The smallest absolute Gasteiger partial charge is 0.410 e. The van der Waals surface area contributed by atoms with Crippen LogP contribution >= 0.6 is 0 Å². The van der Waals surface area contributed by atoms with E-state index in [-0.39, 0.29) is 12.0 Å². The fourth-order valence-corrected chi connectivity index (χ4v) is 6.42. The van der Waals surface area contributed by atoms with Gasteiger partial charge in [0.25, 0.3) is 5.91 Å². The third kappa shape index (κ3) is 8.87. The number of aryl methyl sites for hydroxylation is 1. The molecule has 3 heterocycles. The van der Waals surface area contributed by atoms with Crippen molar-refractivity contribution >= 4 is 34.4 Å². The van der Waals surface area contributed by atoms with Crippen LogP contribution in [0.4, 0.5) is 16.2 Å². The number of piperidine rings is 2. The second kappa shape index (κ2) is 14.5. The molecule has 9 nitrogen and oxygen atoms in total. The molecule has 3 N–H and O–H groups in total. The second-order valence-electron chi connectivity index (χ2n) is 13.7. The summed E-state index contributed by atoms with van der Waals surface area (Å²) in [5, 5.41) is 2.98. The van der Waals surface area contributed by atoms with Gasteiger partial charge in [-0.1, -0.05) is 43.3 Å². The number of carbonyl (C=O) groups is 2. The fraction of sp³-hybridized carbons (Fsp3) is 0.528. The van der Waals surface area contributed by atoms with Crippen LogP contribution in [0.2, 0.25) is 0 Å². The van der Waals surface area contributed by atoms with Gasteiger partial charge in [-0.05, 0) is 96.1 Å². The molecule has 2 saturated heterocycles. The number of rotatable bonds is 10. The van der Waals surface area contributed by atoms with Gasteiger partial charge < -0.3 is 30.2 Å². The van der Waals surface area contributed by atoms with Crippen molar-refractivity contribution < 1.29 is 14.3 Å². The number of hydrogen-bond acceptors (Lipinski definition) is 6. The van der Waals surface area contributed by atoms with Gasteiger partial charge in [0, 0.05) is 38.0 Å². The topological polar surface area (TPSA) is 106 Å². The molecule has 0 aliphatic carbocycles. The van der Waals surface area contributed by atoms with Crippen molar-refractivity contribution in [1.29, 1.82) is 0 Å². The largest absolute Gasteiger partial charge is 0.444 e. The number of nitrogen functional groups attached to an aromatic ring is 1. The fourth-order valence-electron chi connectivity index (χ4n) is 6.42. The van der Waals surface area contributed by atoms with E-state index in [1.807, 2.05) is 68.1 Å². The quantitative estimate of drug-likeness (QED) is 0.202. The van der Waals surface area contributed by atoms with E-state index in [0.29, 0.717) is 42.4 Å². The number of ether oxygens (including phenoxy) is 1. The van der Waals surface area contributed by atoms with Crippen molar-refractivity contribution in [2.75, 3.05) is 43.8 Å². The number of benzene rings is 2. The number of carbonyl (C=O) groups excluding carboxylic acids is 2. The zero-order valence-electron chi connectivity index (χ0n) is 27.3. The van der Waals surface area contributed by atoms with E-state index in [2.05, 4.69) is 21.4 Å². The molecule has 0 spiro atoms. The second-order valence-corrected chi connectivity index (χ2v) is 13.7. The molecule has 2 fully saturated rings. The number of imidazole rings is 1. The van der Waals surface area contributed by atoms with E-state index in [9.17, 15) is 9.59 Å². The molecule has 0 atom stereocenters.